The maximum atomic E-state index is 12.4. The first-order valence-electron chi connectivity index (χ1n) is 6.91. The van der Waals surface area contributed by atoms with Crippen molar-refractivity contribution in [3.05, 3.63) is 29.8 Å². The topological polar surface area (TPSA) is 46.3 Å². The van der Waals surface area contributed by atoms with Gasteiger partial charge in [0.1, 0.15) is 0 Å². The molecule has 1 heterocycles. The normalized spacial score (nSPS) is 22.7. The first-order chi connectivity index (χ1) is 8.81. The van der Waals surface area contributed by atoms with Crippen molar-refractivity contribution in [3.8, 4) is 0 Å². The summed E-state index contributed by atoms with van der Waals surface area (Å²) in [5, 5.41) is 0. The maximum absolute atomic E-state index is 12.4. The fourth-order valence-electron chi connectivity index (χ4n) is 3.03. The van der Waals surface area contributed by atoms with Gasteiger partial charge in [-0.2, -0.15) is 0 Å². The molecule has 3 rings (SSSR count). The zero-order valence-electron chi connectivity index (χ0n) is 10.6. The van der Waals surface area contributed by atoms with Gasteiger partial charge in [0.05, 0.1) is 0 Å². The molecule has 1 amide bonds. The number of nitrogens with two attached hydrogens (primary N) is 1. The van der Waals surface area contributed by atoms with E-state index >= 15 is 0 Å². The largest absolute Gasteiger partial charge is 0.330 e. The van der Waals surface area contributed by atoms with Crippen LogP contribution < -0.4 is 10.6 Å². The van der Waals surface area contributed by atoms with Crippen LogP contribution in [0, 0.1) is 5.92 Å². The Morgan fingerprint density at radius 2 is 2.11 bits per heavy atom. The lowest BCUT2D eigenvalue weighted by molar-refractivity contribution is -0.124. The fraction of sp³-hybridized carbons (Fsp3) is 0.533. The van der Waals surface area contributed by atoms with Gasteiger partial charge in [0.25, 0.3) is 0 Å². The summed E-state index contributed by atoms with van der Waals surface area (Å²) < 4.78 is 0. The van der Waals surface area contributed by atoms with Gasteiger partial charge in [0.2, 0.25) is 5.91 Å². The molecule has 2 N–H and O–H groups in total. The fourth-order valence-corrected chi connectivity index (χ4v) is 3.03. The summed E-state index contributed by atoms with van der Waals surface area (Å²) in [6, 6.07) is 8.29. The van der Waals surface area contributed by atoms with Gasteiger partial charge in [-0.05, 0) is 37.4 Å². The highest BCUT2D eigenvalue weighted by Crippen LogP contribution is 2.40. The number of fused-ring (bicyclic) bond motifs is 1. The van der Waals surface area contributed by atoms with E-state index in [4.69, 9.17) is 5.73 Å². The number of hydrogen-bond acceptors (Lipinski definition) is 2. The maximum Gasteiger partial charge on any atom is 0.230 e. The van der Waals surface area contributed by atoms with Crippen molar-refractivity contribution in [1.29, 1.82) is 0 Å². The molecular formula is C15H20N2O. The smallest absolute Gasteiger partial charge is 0.230 e. The number of carbonyl (C=O) groups excluding carboxylic acids is 1. The van der Waals surface area contributed by atoms with E-state index in [1.807, 2.05) is 11.0 Å². The molecule has 0 spiro atoms. The van der Waals surface area contributed by atoms with Crippen LogP contribution in [0.1, 0.15) is 37.2 Å². The van der Waals surface area contributed by atoms with Crippen LogP contribution in [-0.4, -0.2) is 19.0 Å². The third kappa shape index (κ3) is 1.83. The first kappa shape index (κ1) is 11.7. The average molecular weight is 244 g/mol. The lowest BCUT2D eigenvalue weighted by Crippen LogP contribution is -2.38. The number of benzene rings is 1. The molecule has 0 saturated heterocycles. The molecule has 1 aliphatic heterocycles. The van der Waals surface area contributed by atoms with Crippen molar-refractivity contribution in [3.63, 3.8) is 0 Å². The molecule has 3 heteroatoms. The van der Waals surface area contributed by atoms with E-state index in [1.54, 1.807) is 0 Å². The summed E-state index contributed by atoms with van der Waals surface area (Å²) in [4.78, 5) is 14.4. The van der Waals surface area contributed by atoms with E-state index in [0.29, 0.717) is 18.4 Å². The Morgan fingerprint density at radius 1 is 1.33 bits per heavy atom. The summed E-state index contributed by atoms with van der Waals surface area (Å²) in [6.45, 7) is 1.51. The number of para-hydroxylation sites is 1. The average Bonchev–Trinajstić information content (AvgIpc) is 2.67. The van der Waals surface area contributed by atoms with Crippen molar-refractivity contribution in [2.24, 2.45) is 11.7 Å². The number of carbonyl (C=O) groups is 1. The third-order valence-electron chi connectivity index (χ3n) is 4.31. The summed E-state index contributed by atoms with van der Waals surface area (Å²) in [5.41, 5.74) is 8.10. The van der Waals surface area contributed by atoms with Gasteiger partial charge < -0.3 is 10.6 Å². The van der Waals surface area contributed by atoms with Crippen LogP contribution >= 0.6 is 0 Å². The summed E-state index contributed by atoms with van der Waals surface area (Å²) >= 11 is 0. The molecular weight excluding hydrogens is 224 g/mol. The second-order valence-corrected chi connectivity index (χ2v) is 5.41. The third-order valence-corrected chi connectivity index (χ3v) is 4.31. The molecule has 0 radical (unpaired) electrons. The van der Waals surface area contributed by atoms with Gasteiger partial charge in [-0.3, -0.25) is 4.79 Å². The SMILES string of the molecule is NCCC1CN(C(=O)C2CCC2)c2ccccc21. The molecule has 1 fully saturated rings. The minimum absolute atomic E-state index is 0.273. The Morgan fingerprint density at radius 3 is 2.78 bits per heavy atom. The molecule has 96 valence electrons. The predicted molar refractivity (Wildman–Crippen MR) is 72.5 cm³/mol. The highest BCUT2D eigenvalue weighted by Gasteiger charge is 2.36. The van der Waals surface area contributed by atoms with E-state index in [2.05, 4.69) is 18.2 Å². The Labute approximate surface area is 108 Å². The summed E-state index contributed by atoms with van der Waals surface area (Å²) in [7, 11) is 0. The Hall–Kier alpha value is -1.35. The van der Waals surface area contributed by atoms with Gasteiger partial charge in [-0.15, -0.1) is 0 Å². The molecule has 2 aliphatic rings. The minimum Gasteiger partial charge on any atom is -0.330 e. The molecule has 1 aromatic rings. The van der Waals surface area contributed by atoms with Crippen LogP contribution in [0.2, 0.25) is 0 Å². The lowest BCUT2D eigenvalue weighted by Gasteiger charge is -2.29. The monoisotopic (exact) mass is 244 g/mol. The first-order valence-corrected chi connectivity index (χ1v) is 6.91. The number of rotatable bonds is 3. The number of nitrogens with zero attached hydrogens (tertiary/aromatic N) is 1. The van der Waals surface area contributed by atoms with Crippen LogP contribution in [0.5, 0.6) is 0 Å². The number of hydrogen-bond donors (Lipinski definition) is 1. The van der Waals surface area contributed by atoms with Gasteiger partial charge >= 0.3 is 0 Å². The molecule has 1 aromatic carbocycles. The van der Waals surface area contributed by atoms with Crippen LogP contribution in [0.4, 0.5) is 5.69 Å². The second kappa shape index (κ2) is 4.73. The standard InChI is InChI=1S/C15H20N2O/c16-9-8-12-10-17(15(18)11-4-3-5-11)14-7-2-1-6-13(12)14/h1-2,6-7,11-12H,3-5,8-10,16H2. The molecule has 0 aromatic heterocycles. The number of anilines is 1. The second-order valence-electron chi connectivity index (χ2n) is 5.41. The highest BCUT2D eigenvalue weighted by molar-refractivity contribution is 5.97. The quantitative estimate of drug-likeness (QED) is 0.886. The summed E-state index contributed by atoms with van der Waals surface area (Å²) in [5.74, 6) is 1.03. The molecule has 1 saturated carbocycles. The summed E-state index contributed by atoms with van der Waals surface area (Å²) in [6.07, 6.45) is 4.31. The van der Waals surface area contributed by atoms with Gasteiger partial charge in [0.15, 0.2) is 0 Å². The minimum atomic E-state index is 0.273. The predicted octanol–water partition coefficient (Wildman–Crippen LogP) is 2.27. The van der Waals surface area contributed by atoms with Gasteiger partial charge in [-0.1, -0.05) is 24.6 Å². The number of amides is 1. The zero-order valence-corrected chi connectivity index (χ0v) is 10.6. The van der Waals surface area contributed by atoms with Crippen LogP contribution in [0.25, 0.3) is 0 Å². The Bertz CT molecular complexity index is 454. The molecule has 1 aliphatic carbocycles. The molecule has 0 bridgehead atoms. The Balaban J connectivity index is 1.86. The lowest BCUT2D eigenvalue weighted by atomic mass is 9.84. The van der Waals surface area contributed by atoms with Crippen molar-refractivity contribution in [2.75, 3.05) is 18.0 Å². The van der Waals surface area contributed by atoms with E-state index in [0.717, 1.165) is 31.5 Å². The van der Waals surface area contributed by atoms with Gasteiger partial charge in [-0.25, -0.2) is 0 Å². The molecule has 18 heavy (non-hydrogen) atoms. The van der Waals surface area contributed by atoms with Crippen molar-refractivity contribution < 1.29 is 4.79 Å². The van der Waals surface area contributed by atoms with Crippen LogP contribution in [-0.2, 0) is 4.79 Å². The highest BCUT2D eigenvalue weighted by atomic mass is 16.2. The van der Waals surface area contributed by atoms with E-state index in [1.165, 1.54) is 12.0 Å². The molecule has 1 atom stereocenters. The zero-order chi connectivity index (χ0) is 12.5. The van der Waals surface area contributed by atoms with E-state index < -0.39 is 0 Å². The molecule has 1 unspecified atom stereocenters. The van der Waals surface area contributed by atoms with Gasteiger partial charge in [0, 0.05) is 24.1 Å². The van der Waals surface area contributed by atoms with Crippen molar-refractivity contribution in [1.82, 2.24) is 0 Å². The van der Waals surface area contributed by atoms with Crippen LogP contribution in [0.3, 0.4) is 0 Å². The van der Waals surface area contributed by atoms with E-state index in [9.17, 15) is 4.79 Å². The van der Waals surface area contributed by atoms with Crippen molar-refractivity contribution >= 4 is 11.6 Å². The Kier molecular flexibility index (Phi) is 3.08. The van der Waals surface area contributed by atoms with E-state index in [-0.39, 0.29) is 5.92 Å². The molecule has 3 nitrogen and oxygen atoms in total. The van der Waals surface area contributed by atoms with Crippen molar-refractivity contribution in [2.45, 2.75) is 31.6 Å². The van der Waals surface area contributed by atoms with Crippen LogP contribution in [0.15, 0.2) is 24.3 Å².